The number of aromatic nitrogens is 1. The minimum atomic E-state index is -0.449. The lowest BCUT2D eigenvalue weighted by Gasteiger charge is -2.08. The van der Waals surface area contributed by atoms with Crippen molar-refractivity contribution in [2.75, 3.05) is 7.11 Å². The summed E-state index contributed by atoms with van der Waals surface area (Å²) in [6.07, 6.45) is 1.74. The van der Waals surface area contributed by atoms with Crippen LogP contribution in [0.2, 0.25) is 0 Å². The van der Waals surface area contributed by atoms with E-state index in [2.05, 4.69) is 10.3 Å². The summed E-state index contributed by atoms with van der Waals surface area (Å²) in [6, 6.07) is 17.6. The number of hydrogen-bond acceptors (Lipinski definition) is 4. The van der Waals surface area contributed by atoms with Crippen LogP contribution in [0.1, 0.15) is 15.9 Å². The largest absolute Gasteiger partial charge is 0.494 e. The lowest BCUT2D eigenvalue weighted by molar-refractivity contribution is 0.0951. The van der Waals surface area contributed by atoms with Crippen LogP contribution in [0, 0.1) is 5.82 Å². The Labute approximate surface area is 155 Å². The summed E-state index contributed by atoms with van der Waals surface area (Å²) in [5, 5.41) is 3.68. The molecule has 4 nitrogen and oxygen atoms in total. The summed E-state index contributed by atoms with van der Waals surface area (Å²) >= 11 is 1.53. The molecule has 2 aromatic carbocycles. The first-order valence-electron chi connectivity index (χ1n) is 7.95. The summed E-state index contributed by atoms with van der Waals surface area (Å²) in [5.74, 6) is -0.480. The van der Waals surface area contributed by atoms with Gasteiger partial charge in [0, 0.05) is 23.2 Å². The average molecular weight is 368 g/mol. The molecule has 0 radical (unpaired) electrons. The van der Waals surface area contributed by atoms with Gasteiger partial charge in [-0.25, -0.2) is 9.37 Å². The average Bonchev–Trinajstić information content (AvgIpc) is 2.67. The molecule has 26 heavy (non-hydrogen) atoms. The fourth-order valence-corrected chi connectivity index (χ4v) is 3.08. The molecule has 0 saturated heterocycles. The van der Waals surface area contributed by atoms with Gasteiger partial charge in [0.2, 0.25) is 0 Å². The van der Waals surface area contributed by atoms with Crippen molar-refractivity contribution in [3.8, 4) is 5.75 Å². The number of benzene rings is 2. The first-order valence-corrected chi connectivity index (χ1v) is 8.77. The smallest absolute Gasteiger partial charge is 0.251 e. The van der Waals surface area contributed by atoms with Crippen LogP contribution in [0.5, 0.6) is 5.75 Å². The van der Waals surface area contributed by atoms with Crippen molar-refractivity contribution in [2.45, 2.75) is 16.5 Å². The van der Waals surface area contributed by atoms with E-state index >= 15 is 0 Å². The van der Waals surface area contributed by atoms with E-state index in [-0.39, 0.29) is 18.2 Å². The maximum absolute atomic E-state index is 13.7. The zero-order chi connectivity index (χ0) is 18.4. The van der Waals surface area contributed by atoms with E-state index in [4.69, 9.17) is 4.74 Å². The Balaban J connectivity index is 1.58. The molecule has 132 valence electrons. The van der Waals surface area contributed by atoms with Crippen LogP contribution in [0.4, 0.5) is 4.39 Å². The SMILES string of the molecule is COc1ccc(CNC(=O)c2ccc(Sc3ccccn3)cc2)cc1F. The summed E-state index contributed by atoms with van der Waals surface area (Å²) in [5.41, 5.74) is 1.21. The van der Waals surface area contributed by atoms with E-state index in [1.165, 1.54) is 24.9 Å². The second-order valence-electron chi connectivity index (χ2n) is 5.45. The van der Waals surface area contributed by atoms with Gasteiger partial charge in [-0.2, -0.15) is 0 Å². The van der Waals surface area contributed by atoms with E-state index < -0.39 is 5.82 Å². The van der Waals surface area contributed by atoms with Crippen molar-refractivity contribution in [3.05, 3.63) is 83.8 Å². The molecule has 0 aliphatic heterocycles. The van der Waals surface area contributed by atoms with Crippen molar-refractivity contribution in [1.82, 2.24) is 10.3 Å². The lowest BCUT2D eigenvalue weighted by Crippen LogP contribution is -2.22. The van der Waals surface area contributed by atoms with Crippen molar-refractivity contribution in [2.24, 2.45) is 0 Å². The van der Waals surface area contributed by atoms with Gasteiger partial charge < -0.3 is 10.1 Å². The molecule has 1 aromatic heterocycles. The topological polar surface area (TPSA) is 51.2 Å². The zero-order valence-electron chi connectivity index (χ0n) is 14.1. The summed E-state index contributed by atoms with van der Waals surface area (Å²) in [4.78, 5) is 17.5. The zero-order valence-corrected chi connectivity index (χ0v) is 14.9. The number of amides is 1. The third kappa shape index (κ3) is 4.61. The highest BCUT2D eigenvalue weighted by Gasteiger charge is 2.08. The van der Waals surface area contributed by atoms with Crippen LogP contribution in [-0.4, -0.2) is 18.0 Å². The fourth-order valence-electron chi connectivity index (χ4n) is 2.31. The number of nitrogens with zero attached hydrogens (tertiary/aromatic N) is 1. The quantitative estimate of drug-likeness (QED) is 0.704. The maximum Gasteiger partial charge on any atom is 0.251 e. The van der Waals surface area contributed by atoms with Gasteiger partial charge in [0.25, 0.3) is 5.91 Å². The molecule has 0 spiro atoms. The molecular formula is C20H17FN2O2S. The Bertz CT molecular complexity index is 886. The molecule has 1 amide bonds. The molecule has 3 aromatic rings. The van der Waals surface area contributed by atoms with Crippen LogP contribution in [0.3, 0.4) is 0 Å². The molecule has 0 aliphatic rings. The van der Waals surface area contributed by atoms with Crippen LogP contribution < -0.4 is 10.1 Å². The minimum Gasteiger partial charge on any atom is -0.494 e. The number of rotatable bonds is 6. The highest BCUT2D eigenvalue weighted by molar-refractivity contribution is 7.99. The van der Waals surface area contributed by atoms with Gasteiger partial charge in [0.05, 0.1) is 7.11 Å². The first kappa shape index (κ1) is 17.9. The van der Waals surface area contributed by atoms with Gasteiger partial charge in [0.1, 0.15) is 5.03 Å². The fraction of sp³-hybridized carbons (Fsp3) is 0.100. The Hall–Kier alpha value is -2.86. The molecule has 0 fully saturated rings. The maximum atomic E-state index is 13.7. The summed E-state index contributed by atoms with van der Waals surface area (Å²) in [7, 11) is 1.41. The van der Waals surface area contributed by atoms with E-state index in [1.807, 2.05) is 30.3 Å². The number of halogens is 1. The number of methoxy groups -OCH3 is 1. The minimum absolute atomic E-state index is 0.182. The molecule has 0 bridgehead atoms. The summed E-state index contributed by atoms with van der Waals surface area (Å²) < 4.78 is 18.6. The molecule has 0 atom stereocenters. The molecule has 0 unspecified atom stereocenters. The highest BCUT2D eigenvalue weighted by atomic mass is 32.2. The molecule has 6 heteroatoms. The highest BCUT2D eigenvalue weighted by Crippen LogP contribution is 2.25. The number of carbonyl (C=O) groups excluding carboxylic acids is 1. The molecular weight excluding hydrogens is 351 g/mol. The van der Waals surface area contributed by atoms with Gasteiger partial charge >= 0.3 is 0 Å². The van der Waals surface area contributed by atoms with Crippen LogP contribution >= 0.6 is 11.8 Å². The number of pyridine rings is 1. The molecule has 3 rings (SSSR count). The van der Waals surface area contributed by atoms with E-state index in [0.29, 0.717) is 11.1 Å². The number of nitrogens with one attached hydrogen (secondary N) is 1. The van der Waals surface area contributed by atoms with Crippen molar-refractivity contribution >= 4 is 17.7 Å². The second kappa shape index (κ2) is 8.49. The summed E-state index contributed by atoms with van der Waals surface area (Å²) in [6.45, 7) is 0.240. The van der Waals surface area contributed by atoms with Gasteiger partial charge in [-0.05, 0) is 54.1 Å². The Morgan fingerprint density at radius 1 is 1.15 bits per heavy atom. The van der Waals surface area contributed by atoms with Crippen molar-refractivity contribution in [1.29, 1.82) is 0 Å². The standard InChI is InChI=1S/C20H17FN2O2S/c1-25-18-10-5-14(12-17(18)21)13-23-20(24)15-6-8-16(9-7-15)26-19-4-2-3-11-22-19/h2-12H,13H2,1H3,(H,23,24). The van der Waals surface area contributed by atoms with Crippen LogP contribution in [0.15, 0.2) is 76.8 Å². The third-order valence-corrected chi connectivity index (χ3v) is 4.60. The predicted molar refractivity (Wildman–Crippen MR) is 98.9 cm³/mol. The molecule has 0 aliphatic carbocycles. The van der Waals surface area contributed by atoms with E-state index in [0.717, 1.165) is 9.92 Å². The van der Waals surface area contributed by atoms with E-state index in [1.54, 1.807) is 30.5 Å². The second-order valence-corrected chi connectivity index (χ2v) is 6.54. The number of carbonyl (C=O) groups is 1. The molecule has 0 saturated carbocycles. The van der Waals surface area contributed by atoms with Gasteiger partial charge in [-0.1, -0.05) is 23.9 Å². The number of hydrogen-bond donors (Lipinski definition) is 1. The van der Waals surface area contributed by atoms with Gasteiger partial charge in [-0.3, -0.25) is 4.79 Å². The monoisotopic (exact) mass is 368 g/mol. The van der Waals surface area contributed by atoms with E-state index in [9.17, 15) is 9.18 Å². The predicted octanol–water partition coefficient (Wildman–Crippen LogP) is 4.31. The van der Waals surface area contributed by atoms with Crippen molar-refractivity contribution in [3.63, 3.8) is 0 Å². The number of ether oxygens (including phenoxy) is 1. The Morgan fingerprint density at radius 2 is 1.96 bits per heavy atom. The third-order valence-electron chi connectivity index (χ3n) is 3.65. The molecule has 1 heterocycles. The van der Waals surface area contributed by atoms with Gasteiger partial charge in [0.15, 0.2) is 11.6 Å². The van der Waals surface area contributed by atoms with Crippen LogP contribution in [0.25, 0.3) is 0 Å². The normalized spacial score (nSPS) is 10.4. The van der Waals surface area contributed by atoms with Gasteiger partial charge in [-0.15, -0.1) is 0 Å². The van der Waals surface area contributed by atoms with Crippen molar-refractivity contribution < 1.29 is 13.9 Å². The Kier molecular flexibility index (Phi) is 5.86. The lowest BCUT2D eigenvalue weighted by atomic mass is 10.2. The molecule has 1 N–H and O–H groups in total. The Morgan fingerprint density at radius 3 is 2.62 bits per heavy atom. The first-order chi connectivity index (χ1) is 12.7. The van der Waals surface area contributed by atoms with Crippen LogP contribution in [-0.2, 0) is 6.54 Å².